The highest BCUT2D eigenvalue weighted by Gasteiger charge is 2.52. The van der Waals surface area contributed by atoms with E-state index in [4.69, 9.17) is 19.6 Å². The zero-order chi connectivity index (χ0) is 35.8. The summed E-state index contributed by atoms with van der Waals surface area (Å²) in [5.74, 6) is 2.55. The molecule has 1 fully saturated rings. The second-order valence-corrected chi connectivity index (χ2v) is 15.6. The molecule has 7 rings (SSSR count). The Morgan fingerprint density at radius 1 is 0.961 bits per heavy atom. The van der Waals surface area contributed by atoms with E-state index in [2.05, 4.69) is 105 Å². The average Bonchev–Trinajstić information content (AvgIpc) is 3.46. The molecule has 3 atom stereocenters. The van der Waals surface area contributed by atoms with Crippen molar-refractivity contribution in [2.75, 3.05) is 13.2 Å². The lowest BCUT2D eigenvalue weighted by molar-refractivity contribution is -0.137. The van der Waals surface area contributed by atoms with Crippen LogP contribution in [0.1, 0.15) is 95.8 Å². The maximum atomic E-state index is 11.0. The number of benzene rings is 4. The van der Waals surface area contributed by atoms with Crippen LogP contribution in [0.3, 0.4) is 0 Å². The van der Waals surface area contributed by atoms with Crippen molar-refractivity contribution in [3.8, 4) is 34.0 Å². The van der Waals surface area contributed by atoms with Crippen molar-refractivity contribution in [1.82, 2.24) is 9.55 Å². The maximum Gasteiger partial charge on any atom is 0.303 e. The maximum absolute atomic E-state index is 11.0. The van der Waals surface area contributed by atoms with Gasteiger partial charge in [-0.3, -0.25) is 4.79 Å². The number of fused-ring (bicyclic) bond motifs is 4. The minimum Gasteiger partial charge on any atom is -0.493 e. The van der Waals surface area contributed by atoms with Gasteiger partial charge in [-0.2, -0.15) is 0 Å². The normalized spacial score (nSPS) is 21.3. The van der Waals surface area contributed by atoms with Crippen molar-refractivity contribution in [1.29, 1.82) is 0 Å². The van der Waals surface area contributed by atoms with Gasteiger partial charge in [0.05, 0.1) is 29.8 Å². The monoisotopic (exact) mass is 684 g/mol. The van der Waals surface area contributed by atoms with E-state index in [1.54, 1.807) is 11.1 Å². The minimum absolute atomic E-state index is 0.0564. The lowest BCUT2D eigenvalue weighted by atomic mass is 9.49. The molecule has 0 bridgehead atoms. The number of hydrogen-bond donors (Lipinski definition) is 1. The molecule has 0 spiro atoms. The number of aliphatic carboxylic acids is 1. The van der Waals surface area contributed by atoms with Gasteiger partial charge in [-0.05, 0) is 114 Å². The Hall–Kier alpha value is -4.58. The van der Waals surface area contributed by atoms with Crippen molar-refractivity contribution in [2.45, 2.75) is 97.4 Å². The highest BCUT2D eigenvalue weighted by Crippen LogP contribution is 2.58. The fourth-order valence-corrected chi connectivity index (χ4v) is 9.32. The van der Waals surface area contributed by atoms with Gasteiger partial charge in [-0.15, -0.1) is 0 Å². The van der Waals surface area contributed by atoms with E-state index in [0.717, 1.165) is 46.7 Å². The molecule has 2 aliphatic rings. The lowest BCUT2D eigenvalue weighted by Crippen LogP contribution is -2.50. The Kier molecular flexibility index (Phi) is 9.71. The second kappa shape index (κ2) is 14.2. The Morgan fingerprint density at radius 3 is 2.55 bits per heavy atom. The Bertz CT molecular complexity index is 2030. The van der Waals surface area contributed by atoms with Gasteiger partial charge in [-0.25, -0.2) is 4.98 Å². The predicted molar refractivity (Wildman–Crippen MR) is 206 cm³/mol. The predicted octanol–water partition coefficient (Wildman–Crippen LogP) is 10.8. The van der Waals surface area contributed by atoms with Crippen molar-refractivity contribution in [2.24, 2.45) is 11.3 Å². The molecule has 6 heteroatoms. The molecule has 0 radical (unpaired) electrons. The Balaban J connectivity index is 1.31. The van der Waals surface area contributed by atoms with Crippen LogP contribution < -0.4 is 9.47 Å². The third-order valence-electron chi connectivity index (χ3n) is 11.8. The Morgan fingerprint density at radius 2 is 1.78 bits per heavy atom. The molecule has 5 aromatic rings. The van der Waals surface area contributed by atoms with Gasteiger partial charge in [0, 0.05) is 19.0 Å². The quantitative estimate of drug-likeness (QED) is 0.132. The summed E-state index contributed by atoms with van der Waals surface area (Å²) in [7, 11) is 0. The molecule has 2 aliphatic carbocycles. The number of aryl methyl sites for hydroxylation is 1. The SMILES string of the molecule is CCOc1cc(OCCCC(=O)O)ccc1-c1nc2cc(-c3ccccc3)ccc2n1C[C@@]1(C)CCC[C@]2(C)c3ccc(C(C)C)cc3CC[C@@H]12. The van der Waals surface area contributed by atoms with Gasteiger partial charge in [-0.1, -0.05) is 88.7 Å². The standard InChI is InChI=1S/C45H52N2O4/c1-6-50-40-28-35(51-25-10-14-42(48)49)18-19-36(40)43-46-38-27-33(31-12-8-7-9-13-31)16-21-39(38)47(43)29-44(4)23-11-24-45(5)37-20-15-32(30(2)3)26-34(37)17-22-41(44)45/h7-9,12-13,15-16,18-21,26-28,30,41H,6,10-11,14,17,22-25,29H2,1-5H3,(H,48,49)/t41-,44+,45+/m0/s1. The van der Waals surface area contributed by atoms with E-state index < -0.39 is 5.97 Å². The van der Waals surface area contributed by atoms with Gasteiger partial charge in [0.2, 0.25) is 0 Å². The zero-order valence-corrected chi connectivity index (χ0v) is 30.9. The van der Waals surface area contributed by atoms with Crippen LogP contribution >= 0.6 is 0 Å². The number of rotatable bonds is 12. The lowest BCUT2D eigenvalue weighted by Gasteiger charge is -2.56. The van der Waals surface area contributed by atoms with Crippen molar-refractivity contribution >= 4 is 17.0 Å². The summed E-state index contributed by atoms with van der Waals surface area (Å²) >= 11 is 0. The van der Waals surface area contributed by atoms with Crippen molar-refractivity contribution in [3.05, 3.63) is 102 Å². The van der Waals surface area contributed by atoms with E-state index in [9.17, 15) is 4.79 Å². The van der Waals surface area contributed by atoms with E-state index in [-0.39, 0.29) is 17.3 Å². The summed E-state index contributed by atoms with van der Waals surface area (Å²) in [5.41, 5.74) is 10.1. The molecule has 1 saturated carbocycles. The van der Waals surface area contributed by atoms with Gasteiger partial charge < -0.3 is 19.1 Å². The number of nitrogens with zero attached hydrogens (tertiary/aromatic N) is 2. The number of hydrogen-bond acceptors (Lipinski definition) is 4. The molecular formula is C45H52N2O4. The molecule has 51 heavy (non-hydrogen) atoms. The number of carboxylic acid groups (broad SMARTS) is 1. The molecule has 1 N–H and O–H groups in total. The van der Waals surface area contributed by atoms with Gasteiger partial charge in [0.15, 0.2) is 0 Å². The van der Waals surface area contributed by atoms with Crippen LogP contribution in [0.25, 0.3) is 33.5 Å². The second-order valence-electron chi connectivity index (χ2n) is 15.6. The van der Waals surface area contributed by atoms with Crippen LogP contribution in [0, 0.1) is 11.3 Å². The van der Waals surface area contributed by atoms with Gasteiger partial charge in [0.1, 0.15) is 17.3 Å². The summed E-state index contributed by atoms with van der Waals surface area (Å²) in [6, 6.07) is 30.5. The summed E-state index contributed by atoms with van der Waals surface area (Å²) in [6.45, 7) is 13.4. The van der Waals surface area contributed by atoms with Crippen molar-refractivity contribution < 1.29 is 19.4 Å². The van der Waals surface area contributed by atoms with E-state index in [1.165, 1.54) is 36.8 Å². The molecule has 4 aromatic carbocycles. The van der Waals surface area contributed by atoms with Gasteiger partial charge >= 0.3 is 5.97 Å². The van der Waals surface area contributed by atoms with Crippen molar-refractivity contribution in [3.63, 3.8) is 0 Å². The highest BCUT2D eigenvalue weighted by molar-refractivity contribution is 5.86. The number of aromatic nitrogens is 2. The average molecular weight is 685 g/mol. The number of imidazole rings is 1. The highest BCUT2D eigenvalue weighted by atomic mass is 16.5. The van der Waals surface area contributed by atoms with Crippen LogP contribution in [-0.4, -0.2) is 33.8 Å². The van der Waals surface area contributed by atoms with E-state index in [0.29, 0.717) is 37.2 Å². The zero-order valence-electron chi connectivity index (χ0n) is 30.9. The number of carbonyl (C=O) groups is 1. The van der Waals surface area contributed by atoms with Gasteiger partial charge in [0.25, 0.3) is 0 Å². The fourth-order valence-electron chi connectivity index (χ4n) is 9.32. The molecular weight excluding hydrogens is 633 g/mol. The molecule has 6 nitrogen and oxygen atoms in total. The third kappa shape index (κ3) is 6.78. The molecule has 1 aromatic heterocycles. The van der Waals surface area contributed by atoms with Crippen LogP contribution in [0.5, 0.6) is 11.5 Å². The van der Waals surface area contributed by atoms with Crippen LogP contribution in [0.4, 0.5) is 0 Å². The van der Waals surface area contributed by atoms with Crippen LogP contribution in [0.15, 0.2) is 84.9 Å². The first-order valence-corrected chi connectivity index (χ1v) is 18.9. The molecule has 0 saturated heterocycles. The fraction of sp³-hybridized carbons (Fsp3) is 0.422. The molecule has 0 aliphatic heterocycles. The molecule has 266 valence electrons. The first kappa shape index (κ1) is 34.9. The first-order valence-electron chi connectivity index (χ1n) is 18.9. The summed E-state index contributed by atoms with van der Waals surface area (Å²) in [6.07, 6.45) is 6.45. The number of ether oxygens (including phenoxy) is 2. The largest absolute Gasteiger partial charge is 0.493 e. The van der Waals surface area contributed by atoms with Crippen LogP contribution in [0.2, 0.25) is 0 Å². The third-order valence-corrected chi connectivity index (χ3v) is 11.8. The van der Waals surface area contributed by atoms with E-state index >= 15 is 0 Å². The smallest absolute Gasteiger partial charge is 0.303 e. The molecule has 1 heterocycles. The molecule has 0 amide bonds. The minimum atomic E-state index is -0.817. The summed E-state index contributed by atoms with van der Waals surface area (Å²) in [4.78, 5) is 16.4. The molecule has 0 unspecified atom stereocenters. The van der Waals surface area contributed by atoms with Crippen LogP contribution in [-0.2, 0) is 23.2 Å². The van der Waals surface area contributed by atoms with E-state index in [1.807, 2.05) is 19.1 Å². The summed E-state index contributed by atoms with van der Waals surface area (Å²) in [5, 5.41) is 9.06. The first-order chi connectivity index (χ1) is 24.6. The topological polar surface area (TPSA) is 73.6 Å². The summed E-state index contributed by atoms with van der Waals surface area (Å²) < 4.78 is 14.7. The Labute approximate surface area is 302 Å². The number of carboxylic acids is 1.